The lowest BCUT2D eigenvalue weighted by atomic mass is 10.1. The average Bonchev–Trinajstić information content (AvgIpc) is 3.13. The standard InChI is InChI=1S/C23H27N3O3/c1-4-28-21-12-11-18(16-22(21)29-5-2)13-14-24-23(27)20-15-17(3)25-26(20)19-9-7-6-8-10-19/h6-12,15-16H,4-5,13-14H2,1-3H3,(H,24,27). The zero-order chi connectivity index (χ0) is 20.6. The molecule has 0 bridgehead atoms. The molecule has 0 aliphatic heterocycles. The molecule has 0 unspecified atom stereocenters. The van der Waals surface area contributed by atoms with Crippen molar-refractivity contribution in [3.8, 4) is 17.2 Å². The molecule has 6 heteroatoms. The Kier molecular flexibility index (Phi) is 6.89. The van der Waals surface area contributed by atoms with E-state index in [9.17, 15) is 4.79 Å². The molecule has 1 aromatic heterocycles. The molecule has 152 valence electrons. The molecule has 3 aromatic rings. The average molecular weight is 393 g/mol. The van der Waals surface area contributed by atoms with Gasteiger partial charge in [-0.05, 0) is 63.1 Å². The third-order valence-electron chi connectivity index (χ3n) is 4.37. The Hall–Kier alpha value is -3.28. The van der Waals surface area contributed by atoms with E-state index in [4.69, 9.17) is 9.47 Å². The maximum Gasteiger partial charge on any atom is 0.270 e. The van der Waals surface area contributed by atoms with Crippen LogP contribution in [-0.4, -0.2) is 35.4 Å². The molecular weight excluding hydrogens is 366 g/mol. The molecule has 1 heterocycles. The van der Waals surface area contributed by atoms with Crippen molar-refractivity contribution < 1.29 is 14.3 Å². The van der Waals surface area contributed by atoms with E-state index in [1.54, 1.807) is 10.7 Å². The van der Waals surface area contributed by atoms with Crippen molar-refractivity contribution in [2.45, 2.75) is 27.2 Å². The van der Waals surface area contributed by atoms with Gasteiger partial charge in [-0.2, -0.15) is 5.10 Å². The summed E-state index contributed by atoms with van der Waals surface area (Å²) in [5, 5.41) is 7.44. The Balaban J connectivity index is 1.66. The number of amides is 1. The molecule has 0 spiro atoms. The van der Waals surface area contributed by atoms with Gasteiger partial charge in [-0.3, -0.25) is 4.79 Å². The van der Waals surface area contributed by atoms with Crippen LogP contribution < -0.4 is 14.8 Å². The maximum absolute atomic E-state index is 12.7. The number of nitrogens with one attached hydrogen (secondary N) is 1. The highest BCUT2D eigenvalue weighted by Crippen LogP contribution is 2.28. The Morgan fingerprint density at radius 2 is 1.72 bits per heavy atom. The van der Waals surface area contributed by atoms with Gasteiger partial charge in [0.1, 0.15) is 5.69 Å². The third kappa shape index (κ3) is 5.16. The topological polar surface area (TPSA) is 65.4 Å². The van der Waals surface area contributed by atoms with E-state index in [1.165, 1.54) is 0 Å². The molecule has 3 rings (SSSR count). The Morgan fingerprint density at radius 1 is 1.00 bits per heavy atom. The molecule has 0 aliphatic rings. The summed E-state index contributed by atoms with van der Waals surface area (Å²) >= 11 is 0. The van der Waals surface area contributed by atoms with Gasteiger partial charge < -0.3 is 14.8 Å². The molecule has 0 radical (unpaired) electrons. The van der Waals surface area contributed by atoms with Crippen molar-refractivity contribution in [1.29, 1.82) is 0 Å². The SMILES string of the molecule is CCOc1ccc(CCNC(=O)c2cc(C)nn2-c2ccccc2)cc1OCC. The number of nitrogens with zero attached hydrogens (tertiary/aromatic N) is 2. The third-order valence-corrected chi connectivity index (χ3v) is 4.37. The minimum atomic E-state index is -0.148. The molecule has 0 saturated carbocycles. The van der Waals surface area contributed by atoms with Crippen molar-refractivity contribution in [3.63, 3.8) is 0 Å². The van der Waals surface area contributed by atoms with Crippen LogP contribution in [0.25, 0.3) is 5.69 Å². The van der Waals surface area contributed by atoms with Gasteiger partial charge in [0.05, 0.1) is 24.6 Å². The van der Waals surface area contributed by atoms with Crippen LogP contribution in [0.15, 0.2) is 54.6 Å². The molecule has 0 fully saturated rings. The number of aromatic nitrogens is 2. The predicted molar refractivity (Wildman–Crippen MR) is 113 cm³/mol. The Labute approximate surface area is 171 Å². The number of rotatable bonds is 9. The molecule has 29 heavy (non-hydrogen) atoms. The van der Waals surface area contributed by atoms with Gasteiger partial charge in [0.25, 0.3) is 5.91 Å². The minimum absolute atomic E-state index is 0.148. The van der Waals surface area contributed by atoms with Gasteiger partial charge in [-0.15, -0.1) is 0 Å². The predicted octanol–water partition coefficient (Wildman–Crippen LogP) is 3.95. The second-order valence-corrected chi connectivity index (χ2v) is 6.57. The van der Waals surface area contributed by atoms with Crippen molar-refractivity contribution >= 4 is 5.91 Å². The van der Waals surface area contributed by atoms with Crippen LogP contribution in [-0.2, 0) is 6.42 Å². The van der Waals surface area contributed by atoms with E-state index >= 15 is 0 Å². The fourth-order valence-corrected chi connectivity index (χ4v) is 3.09. The summed E-state index contributed by atoms with van der Waals surface area (Å²) in [5.74, 6) is 1.32. The summed E-state index contributed by atoms with van der Waals surface area (Å²) in [4.78, 5) is 12.7. The van der Waals surface area contributed by atoms with E-state index < -0.39 is 0 Å². The van der Waals surface area contributed by atoms with E-state index in [1.807, 2.05) is 69.3 Å². The summed E-state index contributed by atoms with van der Waals surface area (Å²) in [6.45, 7) is 7.44. The number of ether oxygens (including phenoxy) is 2. The molecule has 0 atom stereocenters. The van der Waals surface area contributed by atoms with Crippen molar-refractivity contribution in [2.24, 2.45) is 0 Å². The van der Waals surface area contributed by atoms with E-state index in [0.29, 0.717) is 31.9 Å². The van der Waals surface area contributed by atoms with E-state index in [2.05, 4.69) is 10.4 Å². The van der Waals surface area contributed by atoms with Gasteiger partial charge in [0.15, 0.2) is 11.5 Å². The van der Waals surface area contributed by atoms with Gasteiger partial charge in [-0.25, -0.2) is 4.68 Å². The van der Waals surface area contributed by atoms with Crippen molar-refractivity contribution in [2.75, 3.05) is 19.8 Å². The second-order valence-electron chi connectivity index (χ2n) is 6.57. The van der Waals surface area contributed by atoms with Crippen LogP contribution in [0, 0.1) is 6.92 Å². The second kappa shape index (κ2) is 9.78. The van der Waals surface area contributed by atoms with Crippen LogP contribution >= 0.6 is 0 Å². The molecular formula is C23H27N3O3. The smallest absolute Gasteiger partial charge is 0.270 e. The lowest BCUT2D eigenvalue weighted by Crippen LogP contribution is -2.27. The molecule has 1 N–H and O–H groups in total. The summed E-state index contributed by atoms with van der Waals surface area (Å²) in [5.41, 5.74) is 3.26. The van der Waals surface area contributed by atoms with Crippen LogP contribution in [0.2, 0.25) is 0 Å². The lowest BCUT2D eigenvalue weighted by molar-refractivity contribution is 0.0946. The summed E-state index contributed by atoms with van der Waals surface area (Å²) < 4.78 is 12.9. The molecule has 2 aromatic carbocycles. The number of para-hydroxylation sites is 1. The molecule has 6 nitrogen and oxygen atoms in total. The van der Waals surface area contributed by atoms with Crippen molar-refractivity contribution in [3.05, 3.63) is 71.5 Å². The van der Waals surface area contributed by atoms with Gasteiger partial charge in [-0.1, -0.05) is 24.3 Å². The first-order valence-electron chi connectivity index (χ1n) is 9.91. The number of hydrogen-bond acceptors (Lipinski definition) is 4. The maximum atomic E-state index is 12.7. The number of carbonyl (C=O) groups excluding carboxylic acids is 1. The quantitative estimate of drug-likeness (QED) is 0.598. The van der Waals surface area contributed by atoms with Gasteiger partial charge in [0.2, 0.25) is 0 Å². The molecule has 0 saturated heterocycles. The Morgan fingerprint density at radius 3 is 2.45 bits per heavy atom. The summed E-state index contributed by atoms with van der Waals surface area (Å²) in [6.07, 6.45) is 0.691. The van der Waals surface area contributed by atoms with Crippen LogP contribution in [0.1, 0.15) is 35.6 Å². The summed E-state index contributed by atoms with van der Waals surface area (Å²) in [7, 11) is 0. The highest BCUT2D eigenvalue weighted by molar-refractivity contribution is 5.93. The highest BCUT2D eigenvalue weighted by Gasteiger charge is 2.15. The normalized spacial score (nSPS) is 10.6. The zero-order valence-corrected chi connectivity index (χ0v) is 17.1. The van der Waals surface area contributed by atoms with Gasteiger partial charge >= 0.3 is 0 Å². The monoisotopic (exact) mass is 393 g/mol. The van der Waals surface area contributed by atoms with Crippen molar-refractivity contribution in [1.82, 2.24) is 15.1 Å². The fraction of sp³-hybridized carbons (Fsp3) is 0.304. The Bertz CT molecular complexity index is 951. The number of aryl methyl sites for hydroxylation is 1. The molecule has 1 amide bonds. The number of benzene rings is 2. The van der Waals surface area contributed by atoms with Crippen LogP contribution in [0.5, 0.6) is 11.5 Å². The first kappa shape index (κ1) is 20.5. The highest BCUT2D eigenvalue weighted by atomic mass is 16.5. The van der Waals surface area contributed by atoms with E-state index in [0.717, 1.165) is 28.4 Å². The van der Waals surface area contributed by atoms with Crippen LogP contribution in [0.4, 0.5) is 0 Å². The number of hydrogen-bond donors (Lipinski definition) is 1. The largest absolute Gasteiger partial charge is 0.490 e. The molecule has 0 aliphatic carbocycles. The summed E-state index contributed by atoms with van der Waals surface area (Å²) in [6, 6.07) is 17.3. The lowest BCUT2D eigenvalue weighted by Gasteiger charge is -2.13. The van der Waals surface area contributed by atoms with Crippen LogP contribution in [0.3, 0.4) is 0 Å². The zero-order valence-electron chi connectivity index (χ0n) is 17.1. The first-order chi connectivity index (χ1) is 14.1. The minimum Gasteiger partial charge on any atom is -0.490 e. The first-order valence-corrected chi connectivity index (χ1v) is 9.91. The van der Waals surface area contributed by atoms with E-state index in [-0.39, 0.29) is 5.91 Å². The fourth-order valence-electron chi connectivity index (χ4n) is 3.09. The van der Waals surface area contributed by atoms with Gasteiger partial charge in [0, 0.05) is 6.54 Å². The number of carbonyl (C=O) groups is 1.